The SMILES string of the molecule is CC[C@H]1OC(=O)[C@H](C)[C@@H](O[C@H]2C[C@@](C)(OC)[C@@H](O)[C@H](C)O2)[C@H](C)[C@@H](O[C@@H]2O[C@H](C)C[C@H](N(C)CCc3cn(C[C@H]4CC(c5ccc(-n6ccnc6)c(F)c5)=NO4)nn3)[C@H]2O)[C@](C)(O)C[C@@H](C)CN(C)[C@H](C)[C@@H](O)[C@]1(C)O. The van der Waals surface area contributed by atoms with Gasteiger partial charge in [-0.25, -0.2) is 14.1 Å². The summed E-state index contributed by atoms with van der Waals surface area (Å²) < 4.78 is 56.7. The van der Waals surface area contributed by atoms with Crippen LogP contribution in [-0.4, -0.2) is 202 Å². The van der Waals surface area contributed by atoms with Crippen LogP contribution in [0.4, 0.5) is 4.39 Å². The molecule has 4 aliphatic heterocycles. The zero-order chi connectivity index (χ0) is 55.6. The van der Waals surface area contributed by atoms with E-state index < -0.39 is 108 Å². The Balaban J connectivity index is 1.08. The molecule has 1 aromatic carbocycles. The van der Waals surface area contributed by atoms with E-state index in [-0.39, 0.29) is 37.4 Å². The van der Waals surface area contributed by atoms with Crippen LogP contribution in [-0.2, 0) is 51.0 Å². The lowest BCUT2D eigenvalue weighted by molar-refractivity contribution is -0.318. The van der Waals surface area contributed by atoms with Gasteiger partial charge < -0.3 is 73.2 Å². The lowest BCUT2D eigenvalue weighted by Crippen LogP contribution is -2.61. The fourth-order valence-electron chi connectivity index (χ4n) is 11.9. The molecule has 3 saturated heterocycles. The zero-order valence-electron chi connectivity index (χ0n) is 46.6. The fraction of sp³-hybridized carbons (Fsp3) is 0.759. The summed E-state index contributed by atoms with van der Waals surface area (Å²) in [6.07, 6.45) is -2.03. The molecule has 2 aromatic heterocycles. The number of aliphatic hydroxyl groups excluding tert-OH is 3. The Morgan fingerprint density at radius 2 is 1.74 bits per heavy atom. The van der Waals surface area contributed by atoms with Crippen LogP contribution in [0.25, 0.3) is 5.69 Å². The first-order chi connectivity index (χ1) is 35.8. The van der Waals surface area contributed by atoms with Crippen LogP contribution in [0.15, 0.2) is 48.3 Å². The molecule has 5 N–H and O–H groups in total. The van der Waals surface area contributed by atoms with Gasteiger partial charge in [-0.3, -0.25) is 4.79 Å². The second-order valence-electron chi connectivity index (χ2n) is 23.0. The zero-order valence-corrected chi connectivity index (χ0v) is 46.6. The molecule has 22 heteroatoms. The summed E-state index contributed by atoms with van der Waals surface area (Å²) in [4.78, 5) is 28.2. The quantitative estimate of drug-likeness (QED) is 0.145. The highest BCUT2D eigenvalue weighted by Crippen LogP contribution is 2.40. The summed E-state index contributed by atoms with van der Waals surface area (Å²) in [5.74, 6) is -3.24. The van der Waals surface area contributed by atoms with Gasteiger partial charge in [-0.2, -0.15) is 0 Å². The lowest BCUT2D eigenvalue weighted by Gasteiger charge is -2.49. The Kier molecular flexibility index (Phi) is 19.3. The van der Waals surface area contributed by atoms with Gasteiger partial charge in [0.15, 0.2) is 18.7 Å². The van der Waals surface area contributed by atoms with Gasteiger partial charge in [-0.05, 0) is 99.9 Å². The minimum atomic E-state index is -1.85. The summed E-state index contributed by atoms with van der Waals surface area (Å²) in [7, 11) is 5.24. The van der Waals surface area contributed by atoms with Gasteiger partial charge in [0.1, 0.15) is 35.8 Å². The van der Waals surface area contributed by atoms with Crippen LogP contribution in [0, 0.1) is 23.6 Å². The van der Waals surface area contributed by atoms with E-state index in [0.29, 0.717) is 55.9 Å². The van der Waals surface area contributed by atoms with Crippen molar-refractivity contribution >= 4 is 11.7 Å². The summed E-state index contributed by atoms with van der Waals surface area (Å²) in [6, 6.07) is 3.89. The van der Waals surface area contributed by atoms with Crippen molar-refractivity contribution in [3.63, 3.8) is 0 Å². The number of aromatic nitrogens is 5. The molecule has 0 spiro atoms. The normalized spacial score (nSPS) is 39.5. The standard InChI is InChI=1S/C54H85FN8O13/c1-14-43-54(10,69)47(65)34(6)61(12)26-30(2)24-52(8,68)49(32(4)46(33(5)50(67)73-43)74-44-25-53(9,70-13)48(66)35(7)72-44)75-51-45(64)42(21-31(3)71-51)60(11)19-17-37-27-63(59-57-37)28-38-23-40(58-76-38)36-15-16-41(39(55)22-36)62-20-18-56-29-62/h15-16,18,20,22,27,29-35,38,42-49,51,64-66,68-69H,14,17,19,21,23-26,28H2,1-13H3/t30-,31-,32+,33-,34-,35+,38-,42+,43-,44+,45-,46+,47-,48+,49-,51+,52-,53-,54-/m1/s1. The van der Waals surface area contributed by atoms with Crippen molar-refractivity contribution in [2.24, 2.45) is 22.9 Å². The molecule has 0 bridgehead atoms. The number of nitrogens with zero attached hydrogens (tertiary/aromatic N) is 8. The lowest BCUT2D eigenvalue weighted by atomic mass is 9.77. The molecule has 426 valence electrons. The number of ether oxygens (including phenoxy) is 6. The van der Waals surface area contributed by atoms with Crippen LogP contribution in [0.2, 0.25) is 0 Å². The second-order valence-corrected chi connectivity index (χ2v) is 23.0. The van der Waals surface area contributed by atoms with Gasteiger partial charge in [-0.15, -0.1) is 5.10 Å². The summed E-state index contributed by atoms with van der Waals surface area (Å²) in [6.45, 7) is 18.8. The molecule has 0 unspecified atom stereocenters. The third kappa shape index (κ3) is 13.3. The highest BCUT2D eigenvalue weighted by atomic mass is 19.1. The largest absolute Gasteiger partial charge is 0.459 e. The van der Waals surface area contributed by atoms with E-state index in [1.54, 1.807) is 75.3 Å². The fourth-order valence-corrected chi connectivity index (χ4v) is 11.9. The third-order valence-corrected chi connectivity index (χ3v) is 16.6. The highest BCUT2D eigenvalue weighted by Gasteiger charge is 2.53. The van der Waals surface area contributed by atoms with Crippen molar-refractivity contribution in [1.82, 2.24) is 34.3 Å². The summed E-state index contributed by atoms with van der Waals surface area (Å²) >= 11 is 0. The van der Waals surface area contributed by atoms with E-state index in [4.69, 9.17) is 33.3 Å². The second kappa shape index (κ2) is 24.5. The van der Waals surface area contributed by atoms with Crippen molar-refractivity contribution in [1.29, 1.82) is 0 Å². The number of carbonyl (C=O) groups is 1. The van der Waals surface area contributed by atoms with Gasteiger partial charge in [0, 0.05) is 81.6 Å². The van der Waals surface area contributed by atoms with Crippen LogP contribution in [0.1, 0.15) is 113 Å². The molecule has 3 aromatic rings. The number of rotatable bonds is 14. The van der Waals surface area contributed by atoms with Crippen LogP contribution in [0.5, 0.6) is 0 Å². The molecule has 0 aliphatic carbocycles. The Hall–Kier alpha value is -4.04. The van der Waals surface area contributed by atoms with Crippen molar-refractivity contribution in [2.75, 3.05) is 34.3 Å². The summed E-state index contributed by atoms with van der Waals surface area (Å²) in [5, 5.41) is 72.8. The van der Waals surface area contributed by atoms with E-state index in [1.165, 1.54) is 26.4 Å². The van der Waals surface area contributed by atoms with Gasteiger partial charge in [0.25, 0.3) is 0 Å². The molecular formula is C54H85FN8O13. The number of hydrogen-bond donors (Lipinski definition) is 5. The van der Waals surface area contributed by atoms with Crippen LogP contribution < -0.4 is 0 Å². The monoisotopic (exact) mass is 1070 g/mol. The van der Waals surface area contributed by atoms with E-state index in [9.17, 15) is 30.3 Å². The molecule has 0 saturated carbocycles. The molecule has 6 heterocycles. The maximum Gasteiger partial charge on any atom is 0.311 e. The number of likely N-dealkylation sites (N-methyl/N-ethyl adjacent to an activating group) is 2. The number of oxime groups is 1. The van der Waals surface area contributed by atoms with Gasteiger partial charge in [0.2, 0.25) is 0 Å². The Labute approximate surface area is 446 Å². The van der Waals surface area contributed by atoms with E-state index in [0.717, 1.165) is 5.69 Å². The smallest absolute Gasteiger partial charge is 0.311 e. The van der Waals surface area contributed by atoms with E-state index >= 15 is 4.39 Å². The third-order valence-electron chi connectivity index (χ3n) is 16.6. The first-order valence-electron chi connectivity index (χ1n) is 26.9. The maximum atomic E-state index is 15.0. The average Bonchev–Trinajstić information content (AvgIpc) is 4.18. The molecule has 21 nitrogen and oxygen atoms in total. The number of imidazole rings is 1. The molecule has 19 atom stereocenters. The number of benzene rings is 1. The number of cyclic esters (lactones) is 1. The number of carbonyl (C=O) groups excluding carboxylic acids is 1. The average molecular weight is 1070 g/mol. The van der Waals surface area contributed by atoms with Crippen molar-refractivity contribution < 1.29 is 68.0 Å². The van der Waals surface area contributed by atoms with Crippen molar-refractivity contribution in [3.8, 4) is 5.69 Å². The molecule has 3 fully saturated rings. The first-order valence-corrected chi connectivity index (χ1v) is 26.9. The Morgan fingerprint density at radius 1 is 1.00 bits per heavy atom. The van der Waals surface area contributed by atoms with Gasteiger partial charge in [-0.1, -0.05) is 37.2 Å². The predicted molar refractivity (Wildman–Crippen MR) is 276 cm³/mol. The number of aliphatic hydroxyl groups is 5. The molecule has 76 heavy (non-hydrogen) atoms. The maximum absolute atomic E-state index is 15.0. The first kappa shape index (κ1) is 59.6. The Bertz CT molecular complexity index is 2390. The van der Waals surface area contributed by atoms with Gasteiger partial charge in [0.05, 0.1) is 71.5 Å². The van der Waals surface area contributed by atoms with E-state index in [1.807, 2.05) is 50.9 Å². The minimum Gasteiger partial charge on any atom is -0.459 e. The predicted octanol–water partition coefficient (Wildman–Crippen LogP) is 3.62. The van der Waals surface area contributed by atoms with Crippen molar-refractivity contribution in [3.05, 3.63) is 60.2 Å². The molecule has 0 amide bonds. The van der Waals surface area contributed by atoms with Crippen molar-refractivity contribution in [2.45, 2.75) is 211 Å². The van der Waals surface area contributed by atoms with E-state index in [2.05, 4.69) is 20.5 Å². The van der Waals surface area contributed by atoms with Crippen LogP contribution in [0.3, 0.4) is 0 Å². The molecule has 0 radical (unpaired) electrons. The number of methoxy groups -OCH3 is 1. The Morgan fingerprint density at radius 3 is 2.41 bits per heavy atom. The van der Waals surface area contributed by atoms with Crippen LogP contribution >= 0.6 is 0 Å². The number of hydrogen-bond acceptors (Lipinski definition) is 19. The number of esters is 1. The molecule has 7 rings (SSSR count). The minimum absolute atomic E-state index is 0.0895. The highest BCUT2D eigenvalue weighted by molar-refractivity contribution is 6.01. The molecular weight excluding hydrogens is 988 g/mol. The summed E-state index contributed by atoms with van der Waals surface area (Å²) in [5.41, 5.74) is -2.21. The van der Waals surface area contributed by atoms with Gasteiger partial charge >= 0.3 is 5.97 Å². The topological polar surface area (TPSA) is 250 Å². The number of halogens is 1. The molecule has 4 aliphatic rings.